The summed E-state index contributed by atoms with van der Waals surface area (Å²) < 4.78 is 7.75. The van der Waals surface area contributed by atoms with Gasteiger partial charge in [0.25, 0.3) is 0 Å². The minimum Gasteiger partial charge on any atom is -0.496 e. The molecule has 1 saturated heterocycles. The van der Waals surface area contributed by atoms with Gasteiger partial charge in [-0.3, -0.25) is 9.80 Å². The van der Waals surface area contributed by atoms with Gasteiger partial charge in [-0.2, -0.15) is 0 Å². The normalized spacial score (nSPS) is 16.8. The van der Waals surface area contributed by atoms with Crippen molar-refractivity contribution in [2.45, 2.75) is 45.3 Å². The van der Waals surface area contributed by atoms with Crippen LogP contribution in [0.25, 0.3) is 0 Å². The molecule has 7 heteroatoms. The van der Waals surface area contributed by atoms with E-state index in [4.69, 9.17) is 4.74 Å². The number of para-hydroxylation sites is 1. The van der Waals surface area contributed by atoms with Crippen molar-refractivity contribution in [3.8, 4) is 5.75 Å². The average molecular weight is 435 g/mol. The summed E-state index contributed by atoms with van der Waals surface area (Å²) in [5.74, 6) is 1.74. The molecule has 0 amide bonds. The highest BCUT2D eigenvalue weighted by Gasteiger charge is 2.35. The first-order valence-electron chi connectivity index (χ1n) is 11.5. The van der Waals surface area contributed by atoms with E-state index in [1.54, 1.807) is 7.11 Å². The van der Waals surface area contributed by atoms with E-state index < -0.39 is 0 Å². The zero-order chi connectivity index (χ0) is 22.6. The molecule has 0 bridgehead atoms. The molecule has 2 aromatic carbocycles. The van der Waals surface area contributed by atoms with E-state index in [9.17, 15) is 0 Å². The summed E-state index contributed by atoms with van der Waals surface area (Å²) in [6.07, 6.45) is 0.939. The fourth-order valence-electron chi connectivity index (χ4n) is 4.36. The monoisotopic (exact) mass is 434 g/mol. The fourth-order valence-corrected chi connectivity index (χ4v) is 4.36. The minimum atomic E-state index is -0.172. The highest BCUT2D eigenvalue weighted by atomic mass is 16.5. The highest BCUT2D eigenvalue weighted by Crippen LogP contribution is 2.36. The molecule has 7 nitrogen and oxygen atoms in total. The number of nitrogens with zero attached hydrogens (tertiary/aromatic N) is 6. The van der Waals surface area contributed by atoms with E-state index in [2.05, 4.69) is 88.6 Å². The summed E-state index contributed by atoms with van der Waals surface area (Å²) in [5.41, 5.74) is 2.29. The molecule has 0 aliphatic carbocycles. The van der Waals surface area contributed by atoms with Crippen LogP contribution in [0.5, 0.6) is 5.75 Å². The predicted octanol–water partition coefficient (Wildman–Crippen LogP) is 3.73. The Morgan fingerprint density at radius 3 is 2.34 bits per heavy atom. The van der Waals surface area contributed by atoms with Crippen molar-refractivity contribution >= 4 is 0 Å². The number of tetrazole rings is 1. The standard InChI is InChI=1S/C25H34N6O/c1-5-25(2,3)31-24(26-27-28-31)23(21-13-9-10-14-22(21)32-4)30-17-15-29(16-18-30)19-20-11-7-6-8-12-20/h6-14,23H,5,15-19H2,1-4H3/t23-/m0/s1. The van der Waals surface area contributed by atoms with Gasteiger partial charge < -0.3 is 4.74 Å². The van der Waals surface area contributed by atoms with E-state index in [1.165, 1.54) is 5.56 Å². The van der Waals surface area contributed by atoms with Crippen LogP contribution in [0.2, 0.25) is 0 Å². The summed E-state index contributed by atoms with van der Waals surface area (Å²) in [5, 5.41) is 13.0. The molecule has 1 aromatic heterocycles. The molecule has 1 fully saturated rings. The van der Waals surface area contributed by atoms with Crippen LogP contribution >= 0.6 is 0 Å². The smallest absolute Gasteiger partial charge is 0.173 e. The van der Waals surface area contributed by atoms with Crippen molar-refractivity contribution in [3.05, 3.63) is 71.5 Å². The largest absolute Gasteiger partial charge is 0.496 e. The van der Waals surface area contributed by atoms with E-state index in [0.29, 0.717) is 0 Å². The van der Waals surface area contributed by atoms with Gasteiger partial charge in [0.1, 0.15) is 11.8 Å². The quantitative estimate of drug-likeness (QED) is 0.538. The van der Waals surface area contributed by atoms with Crippen LogP contribution in [0.1, 0.15) is 50.2 Å². The Hall–Kier alpha value is -2.77. The molecular weight excluding hydrogens is 400 g/mol. The number of benzene rings is 2. The highest BCUT2D eigenvalue weighted by molar-refractivity contribution is 5.39. The third-order valence-corrected chi connectivity index (χ3v) is 6.63. The second-order valence-electron chi connectivity index (χ2n) is 9.06. The zero-order valence-corrected chi connectivity index (χ0v) is 19.6. The number of ether oxygens (including phenoxy) is 1. The first-order chi connectivity index (χ1) is 15.5. The van der Waals surface area contributed by atoms with Crippen LogP contribution in [-0.2, 0) is 12.1 Å². The molecule has 0 radical (unpaired) electrons. The maximum absolute atomic E-state index is 5.75. The summed E-state index contributed by atoms with van der Waals surface area (Å²) in [7, 11) is 1.73. The summed E-state index contributed by atoms with van der Waals surface area (Å²) in [4.78, 5) is 5.01. The summed E-state index contributed by atoms with van der Waals surface area (Å²) in [6.45, 7) is 11.4. The molecule has 0 spiro atoms. The number of hydrogen-bond acceptors (Lipinski definition) is 6. The average Bonchev–Trinajstić information content (AvgIpc) is 3.32. The molecule has 0 N–H and O–H groups in total. The number of aromatic nitrogens is 4. The Morgan fingerprint density at radius 1 is 0.969 bits per heavy atom. The van der Waals surface area contributed by atoms with Crippen LogP contribution in [0.15, 0.2) is 54.6 Å². The first kappa shape index (κ1) is 22.4. The Labute approximate surface area is 191 Å². The molecule has 1 aliphatic heterocycles. The maximum atomic E-state index is 5.75. The van der Waals surface area contributed by atoms with Gasteiger partial charge in [-0.05, 0) is 42.3 Å². The van der Waals surface area contributed by atoms with Gasteiger partial charge in [-0.25, -0.2) is 4.68 Å². The summed E-state index contributed by atoms with van der Waals surface area (Å²) in [6, 6.07) is 18.9. The molecule has 1 atom stereocenters. The lowest BCUT2D eigenvalue weighted by molar-refractivity contribution is 0.0963. The number of hydrogen-bond donors (Lipinski definition) is 0. The van der Waals surface area contributed by atoms with Gasteiger partial charge in [0, 0.05) is 38.3 Å². The number of piperazine rings is 1. The van der Waals surface area contributed by atoms with Crippen LogP contribution in [0, 0.1) is 0 Å². The molecule has 3 aromatic rings. The third-order valence-electron chi connectivity index (χ3n) is 6.63. The summed E-state index contributed by atoms with van der Waals surface area (Å²) >= 11 is 0. The lowest BCUT2D eigenvalue weighted by Gasteiger charge is -2.40. The van der Waals surface area contributed by atoms with E-state index >= 15 is 0 Å². The van der Waals surface area contributed by atoms with Crippen molar-refractivity contribution in [3.63, 3.8) is 0 Å². The van der Waals surface area contributed by atoms with Gasteiger partial charge in [-0.1, -0.05) is 55.5 Å². The van der Waals surface area contributed by atoms with Crippen molar-refractivity contribution < 1.29 is 4.74 Å². The molecular formula is C25H34N6O. The second kappa shape index (κ2) is 9.79. The SMILES string of the molecule is CCC(C)(C)n1nnnc1[C@H](c1ccccc1OC)N1CCN(Cc2ccccc2)CC1. The van der Waals surface area contributed by atoms with Gasteiger partial charge in [0.05, 0.1) is 12.6 Å². The van der Waals surface area contributed by atoms with Gasteiger partial charge >= 0.3 is 0 Å². The molecule has 4 rings (SSSR count). The third kappa shape index (κ3) is 4.69. The lowest BCUT2D eigenvalue weighted by Crippen LogP contribution is -2.48. The Morgan fingerprint density at radius 2 is 1.66 bits per heavy atom. The van der Waals surface area contributed by atoms with Crippen LogP contribution in [0.4, 0.5) is 0 Å². The molecule has 0 unspecified atom stereocenters. The predicted molar refractivity (Wildman–Crippen MR) is 126 cm³/mol. The number of methoxy groups -OCH3 is 1. The van der Waals surface area contributed by atoms with E-state index in [-0.39, 0.29) is 11.6 Å². The van der Waals surface area contributed by atoms with Gasteiger partial charge in [0.15, 0.2) is 5.82 Å². The van der Waals surface area contributed by atoms with Gasteiger partial charge in [-0.15, -0.1) is 5.10 Å². The Kier molecular flexibility index (Phi) is 6.86. The van der Waals surface area contributed by atoms with E-state index in [1.807, 2.05) is 16.8 Å². The topological polar surface area (TPSA) is 59.3 Å². The van der Waals surface area contributed by atoms with Crippen LogP contribution < -0.4 is 4.74 Å². The van der Waals surface area contributed by atoms with Crippen molar-refractivity contribution in [2.75, 3.05) is 33.3 Å². The Balaban J connectivity index is 1.63. The lowest BCUT2D eigenvalue weighted by atomic mass is 9.98. The first-order valence-corrected chi connectivity index (χ1v) is 11.5. The number of rotatable bonds is 8. The molecule has 0 saturated carbocycles. The van der Waals surface area contributed by atoms with E-state index in [0.717, 1.165) is 56.3 Å². The van der Waals surface area contributed by atoms with Crippen molar-refractivity contribution in [1.82, 2.24) is 30.0 Å². The fraction of sp³-hybridized carbons (Fsp3) is 0.480. The Bertz CT molecular complexity index is 994. The molecule has 1 aliphatic rings. The molecule has 170 valence electrons. The van der Waals surface area contributed by atoms with Crippen LogP contribution in [0.3, 0.4) is 0 Å². The molecule has 2 heterocycles. The zero-order valence-electron chi connectivity index (χ0n) is 19.6. The molecule has 32 heavy (non-hydrogen) atoms. The minimum absolute atomic E-state index is 0.0640. The van der Waals surface area contributed by atoms with Crippen molar-refractivity contribution in [1.29, 1.82) is 0 Å². The second-order valence-corrected chi connectivity index (χ2v) is 9.06. The van der Waals surface area contributed by atoms with Gasteiger partial charge in [0.2, 0.25) is 0 Å². The maximum Gasteiger partial charge on any atom is 0.173 e. The van der Waals surface area contributed by atoms with Crippen LogP contribution in [-0.4, -0.2) is 63.3 Å². The van der Waals surface area contributed by atoms with Crippen molar-refractivity contribution in [2.24, 2.45) is 0 Å².